The first kappa shape index (κ1) is 22.6. The fraction of sp³-hybridized carbons (Fsp3) is 0.417. The molecule has 0 aromatic heterocycles. The van der Waals surface area contributed by atoms with Crippen LogP contribution in [0, 0.1) is 12.7 Å². The number of nitrogens with one attached hydrogen (secondary N) is 1. The van der Waals surface area contributed by atoms with E-state index < -0.39 is 11.9 Å². The van der Waals surface area contributed by atoms with Gasteiger partial charge < -0.3 is 10.2 Å². The van der Waals surface area contributed by atoms with E-state index in [2.05, 4.69) is 5.32 Å². The fourth-order valence-corrected chi connectivity index (χ4v) is 3.16. The lowest BCUT2D eigenvalue weighted by Gasteiger charge is -2.31. The van der Waals surface area contributed by atoms with Gasteiger partial charge in [0.15, 0.2) is 0 Å². The van der Waals surface area contributed by atoms with Crippen molar-refractivity contribution in [2.24, 2.45) is 0 Å². The second-order valence-corrected chi connectivity index (χ2v) is 7.52. The van der Waals surface area contributed by atoms with Gasteiger partial charge in [-0.1, -0.05) is 61.9 Å². The molecular formula is C24H31FN2O2. The SMILES string of the molecule is CC[C@H](C)NC(=O)[C@H](CC)N(Cc1ccc(C)cc1)C(=O)Cc1ccccc1F. The molecule has 1 N–H and O–H groups in total. The van der Waals surface area contributed by atoms with E-state index in [1.807, 2.05) is 52.0 Å². The average Bonchev–Trinajstić information content (AvgIpc) is 2.70. The van der Waals surface area contributed by atoms with E-state index in [0.29, 0.717) is 18.5 Å². The summed E-state index contributed by atoms with van der Waals surface area (Å²) in [5, 5.41) is 2.98. The Kier molecular flexibility index (Phi) is 8.37. The zero-order chi connectivity index (χ0) is 21.4. The van der Waals surface area contributed by atoms with E-state index >= 15 is 0 Å². The van der Waals surface area contributed by atoms with Crippen LogP contribution < -0.4 is 5.32 Å². The number of hydrogen-bond donors (Lipinski definition) is 1. The Morgan fingerprint density at radius 2 is 1.69 bits per heavy atom. The standard InChI is InChI=1S/C24H31FN2O2/c1-5-18(4)26-24(29)22(6-2)27(16-19-13-11-17(3)12-14-19)23(28)15-20-9-7-8-10-21(20)25/h7-14,18,22H,5-6,15-16H2,1-4H3,(H,26,29)/t18-,22-/m0/s1. The summed E-state index contributed by atoms with van der Waals surface area (Å²) in [7, 11) is 0. The molecule has 0 heterocycles. The monoisotopic (exact) mass is 398 g/mol. The summed E-state index contributed by atoms with van der Waals surface area (Å²) in [6.45, 7) is 8.13. The van der Waals surface area contributed by atoms with Crippen molar-refractivity contribution in [3.8, 4) is 0 Å². The van der Waals surface area contributed by atoms with Crippen LogP contribution >= 0.6 is 0 Å². The second-order valence-electron chi connectivity index (χ2n) is 7.52. The molecule has 0 bridgehead atoms. The Morgan fingerprint density at radius 3 is 2.28 bits per heavy atom. The summed E-state index contributed by atoms with van der Waals surface area (Å²) in [5.41, 5.74) is 2.40. The van der Waals surface area contributed by atoms with Crippen molar-refractivity contribution in [3.63, 3.8) is 0 Å². The van der Waals surface area contributed by atoms with Crippen LogP contribution in [0.3, 0.4) is 0 Å². The minimum Gasteiger partial charge on any atom is -0.352 e. The quantitative estimate of drug-likeness (QED) is 0.681. The minimum atomic E-state index is -0.607. The predicted octanol–water partition coefficient (Wildman–Crippen LogP) is 4.40. The zero-order valence-electron chi connectivity index (χ0n) is 17.7. The highest BCUT2D eigenvalue weighted by Gasteiger charge is 2.29. The topological polar surface area (TPSA) is 49.4 Å². The molecule has 2 amide bonds. The number of carbonyl (C=O) groups excluding carboxylic acids is 2. The van der Waals surface area contributed by atoms with Gasteiger partial charge in [-0.25, -0.2) is 4.39 Å². The number of halogens is 1. The van der Waals surface area contributed by atoms with Crippen LogP contribution in [-0.2, 0) is 22.6 Å². The lowest BCUT2D eigenvalue weighted by Crippen LogP contribution is -2.51. The molecule has 4 nitrogen and oxygen atoms in total. The van der Waals surface area contributed by atoms with Gasteiger partial charge in [0.2, 0.25) is 11.8 Å². The largest absolute Gasteiger partial charge is 0.352 e. The van der Waals surface area contributed by atoms with Gasteiger partial charge in [0.1, 0.15) is 11.9 Å². The van der Waals surface area contributed by atoms with Crippen LogP contribution in [0.25, 0.3) is 0 Å². The number of rotatable bonds is 9. The maximum absolute atomic E-state index is 14.1. The smallest absolute Gasteiger partial charge is 0.243 e. The van der Waals surface area contributed by atoms with Crippen LogP contribution in [0.1, 0.15) is 50.3 Å². The molecule has 0 aliphatic rings. The van der Waals surface area contributed by atoms with Crippen LogP contribution in [-0.4, -0.2) is 28.8 Å². The molecule has 29 heavy (non-hydrogen) atoms. The first-order valence-electron chi connectivity index (χ1n) is 10.2. The van der Waals surface area contributed by atoms with Gasteiger partial charge in [0, 0.05) is 12.6 Å². The van der Waals surface area contributed by atoms with Crippen LogP contribution in [0.4, 0.5) is 4.39 Å². The summed E-state index contributed by atoms with van der Waals surface area (Å²) >= 11 is 0. The van der Waals surface area contributed by atoms with Crippen molar-refractivity contribution in [2.75, 3.05) is 0 Å². The third-order valence-electron chi connectivity index (χ3n) is 5.16. The molecule has 2 aromatic rings. The number of nitrogens with zero attached hydrogens (tertiary/aromatic N) is 1. The van der Waals surface area contributed by atoms with Crippen LogP contribution in [0.15, 0.2) is 48.5 Å². The van der Waals surface area contributed by atoms with E-state index in [0.717, 1.165) is 17.5 Å². The molecule has 0 saturated heterocycles. The van der Waals surface area contributed by atoms with Crippen LogP contribution in [0.5, 0.6) is 0 Å². The summed E-state index contributed by atoms with van der Waals surface area (Å²) in [6, 6.07) is 13.6. The van der Waals surface area contributed by atoms with E-state index in [-0.39, 0.29) is 24.3 Å². The number of hydrogen-bond acceptors (Lipinski definition) is 2. The molecule has 2 rings (SSSR count). The number of benzene rings is 2. The Hall–Kier alpha value is -2.69. The molecule has 0 fully saturated rings. The van der Waals surface area contributed by atoms with Crippen molar-refractivity contribution in [3.05, 3.63) is 71.0 Å². The summed E-state index contributed by atoms with van der Waals surface area (Å²) < 4.78 is 14.1. The Balaban J connectivity index is 2.29. The molecule has 0 saturated carbocycles. The third kappa shape index (κ3) is 6.41. The number of amides is 2. The highest BCUT2D eigenvalue weighted by Crippen LogP contribution is 2.17. The molecule has 5 heteroatoms. The van der Waals surface area contributed by atoms with Crippen molar-refractivity contribution in [1.82, 2.24) is 10.2 Å². The molecular weight excluding hydrogens is 367 g/mol. The lowest BCUT2D eigenvalue weighted by molar-refractivity contribution is -0.141. The Bertz CT molecular complexity index is 820. The van der Waals surface area contributed by atoms with Gasteiger partial charge in [0.05, 0.1) is 6.42 Å². The zero-order valence-corrected chi connectivity index (χ0v) is 17.7. The Labute approximate surface area is 173 Å². The highest BCUT2D eigenvalue weighted by molar-refractivity contribution is 5.88. The number of aryl methyl sites for hydroxylation is 1. The minimum absolute atomic E-state index is 0.0273. The molecule has 2 atom stereocenters. The van der Waals surface area contributed by atoms with E-state index in [1.54, 1.807) is 23.1 Å². The summed E-state index contributed by atoms with van der Waals surface area (Å²) in [4.78, 5) is 27.6. The molecule has 0 unspecified atom stereocenters. The first-order valence-corrected chi connectivity index (χ1v) is 10.2. The van der Waals surface area contributed by atoms with Crippen molar-refractivity contribution >= 4 is 11.8 Å². The number of carbonyl (C=O) groups is 2. The molecule has 0 spiro atoms. The van der Waals surface area contributed by atoms with Crippen molar-refractivity contribution in [2.45, 2.75) is 65.6 Å². The molecule has 0 aliphatic heterocycles. The maximum atomic E-state index is 14.1. The molecule has 0 radical (unpaired) electrons. The second kappa shape index (κ2) is 10.7. The van der Waals surface area contributed by atoms with Gasteiger partial charge in [-0.15, -0.1) is 0 Å². The van der Waals surface area contributed by atoms with E-state index in [9.17, 15) is 14.0 Å². The Morgan fingerprint density at radius 1 is 1.03 bits per heavy atom. The lowest BCUT2D eigenvalue weighted by atomic mass is 10.1. The summed E-state index contributed by atoms with van der Waals surface area (Å²) in [5.74, 6) is -0.842. The first-order chi connectivity index (χ1) is 13.8. The van der Waals surface area contributed by atoms with Gasteiger partial charge >= 0.3 is 0 Å². The van der Waals surface area contributed by atoms with Crippen molar-refractivity contribution < 1.29 is 14.0 Å². The van der Waals surface area contributed by atoms with Crippen LogP contribution in [0.2, 0.25) is 0 Å². The van der Waals surface area contributed by atoms with Gasteiger partial charge in [-0.05, 0) is 43.9 Å². The highest BCUT2D eigenvalue weighted by atomic mass is 19.1. The van der Waals surface area contributed by atoms with Gasteiger partial charge in [-0.2, -0.15) is 0 Å². The van der Waals surface area contributed by atoms with Crippen molar-refractivity contribution in [1.29, 1.82) is 0 Å². The third-order valence-corrected chi connectivity index (χ3v) is 5.16. The molecule has 0 aliphatic carbocycles. The predicted molar refractivity (Wildman–Crippen MR) is 114 cm³/mol. The average molecular weight is 399 g/mol. The normalized spacial score (nSPS) is 12.9. The van der Waals surface area contributed by atoms with Gasteiger partial charge in [0.25, 0.3) is 0 Å². The maximum Gasteiger partial charge on any atom is 0.243 e. The fourth-order valence-electron chi connectivity index (χ4n) is 3.16. The van der Waals surface area contributed by atoms with E-state index in [4.69, 9.17) is 0 Å². The molecule has 156 valence electrons. The van der Waals surface area contributed by atoms with Gasteiger partial charge in [-0.3, -0.25) is 9.59 Å². The van der Waals surface area contributed by atoms with E-state index in [1.165, 1.54) is 6.07 Å². The summed E-state index contributed by atoms with van der Waals surface area (Å²) in [6.07, 6.45) is 1.21. The molecule has 2 aromatic carbocycles.